The van der Waals surface area contributed by atoms with Crippen molar-refractivity contribution in [1.29, 1.82) is 0 Å². The highest BCUT2D eigenvalue weighted by Crippen LogP contribution is 2.20. The van der Waals surface area contributed by atoms with Crippen LogP contribution in [0.1, 0.15) is 44.9 Å². The summed E-state index contributed by atoms with van der Waals surface area (Å²) >= 11 is 0. The minimum atomic E-state index is -0.542. The van der Waals surface area contributed by atoms with Crippen molar-refractivity contribution in [2.45, 2.75) is 46.3 Å². The molecule has 1 aromatic rings. The zero-order valence-corrected chi connectivity index (χ0v) is 11.3. The van der Waals surface area contributed by atoms with Crippen LogP contribution in [-0.2, 0) is 11.2 Å². The molecular formula is C15H24O2. The zero-order valence-electron chi connectivity index (χ0n) is 11.3. The first-order valence-corrected chi connectivity index (χ1v) is 6.43. The van der Waals surface area contributed by atoms with Gasteiger partial charge in [-0.2, -0.15) is 0 Å². The molecule has 0 fully saturated rings. The number of aryl methyl sites for hydroxylation is 1. The Labute approximate surface area is 105 Å². The van der Waals surface area contributed by atoms with Gasteiger partial charge < -0.3 is 9.84 Å². The second-order valence-electron chi connectivity index (χ2n) is 4.97. The fourth-order valence-corrected chi connectivity index (χ4v) is 1.66. The molecule has 17 heavy (non-hydrogen) atoms. The van der Waals surface area contributed by atoms with Crippen molar-refractivity contribution in [2.75, 3.05) is 6.61 Å². The third kappa shape index (κ3) is 4.49. The minimum Gasteiger partial charge on any atom is -0.386 e. The zero-order chi connectivity index (χ0) is 12.8. The van der Waals surface area contributed by atoms with Crippen LogP contribution in [0.25, 0.3) is 0 Å². The summed E-state index contributed by atoms with van der Waals surface area (Å²) < 4.78 is 5.63. The number of hydrogen-bond acceptors (Lipinski definition) is 2. The van der Waals surface area contributed by atoms with Gasteiger partial charge in [-0.25, -0.2) is 0 Å². The number of rotatable bonds is 6. The molecule has 1 aromatic carbocycles. The molecule has 2 atom stereocenters. The van der Waals surface area contributed by atoms with Crippen LogP contribution in [-0.4, -0.2) is 17.8 Å². The first-order valence-electron chi connectivity index (χ1n) is 6.43. The minimum absolute atomic E-state index is 0.162. The van der Waals surface area contributed by atoms with E-state index in [0.717, 1.165) is 12.0 Å². The molecule has 0 bridgehead atoms. The van der Waals surface area contributed by atoms with Crippen molar-refractivity contribution in [3.8, 4) is 0 Å². The number of hydrogen-bond donors (Lipinski definition) is 1. The van der Waals surface area contributed by atoms with Crippen LogP contribution >= 0.6 is 0 Å². The molecule has 0 aliphatic heterocycles. The average molecular weight is 236 g/mol. The van der Waals surface area contributed by atoms with Gasteiger partial charge in [0.15, 0.2) is 0 Å². The van der Waals surface area contributed by atoms with E-state index >= 15 is 0 Å². The van der Waals surface area contributed by atoms with Gasteiger partial charge in [0, 0.05) is 6.61 Å². The molecule has 2 unspecified atom stereocenters. The van der Waals surface area contributed by atoms with Gasteiger partial charge in [-0.05, 0) is 30.4 Å². The average Bonchev–Trinajstić information content (AvgIpc) is 2.35. The highest BCUT2D eigenvalue weighted by Gasteiger charge is 2.17. The van der Waals surface area contributed by atoms with Crippen LogP contribution in [0, 0.1) is 5.92 Å². The van der Waals surface area contributed by atoms with Crippen molar-refractivity contribution < 1.29 is 9.84 Å². The lowest BCUT2D eigenvalue weighted by atomic mass is 10.0. The molecule has 0 amide bonds. The lowest BCUT2D eigenvalue weighted by Gasteiger charge is -2.21. The fraction of sp³-hybridized carbons (Fsp3) is 0.600. The van der Waals surface area contributed by atoms with Crippen LogP contribution in [0.5, 0.6) is 0 Å². The molecule has 0 saturated heterocycles. The molecule has 0 heterocycles. The van der Waals surface area contributed by atoms with Gasteiger partial charge in [-0.3, -0.25) is 0 Å². The van der Waals surface area contributed by atoms with E-state index in [-0.39, 0.29) is 6.10 Å². The quantitative estimate of drug-likeness (QED) is 0.821. The van der Waals surface area contributed by atoms with E-state index in [1.165, 1.54) is 5.56 Å². The summed E-state index contributed by atoms with van der Waals surface area (Å²) in [5, 5.41) is 10.1. The molecule has 0 spiro atoms. The maximum absolute atomic E-state index is 10.1. The summed E-state index contributed by atoms with van der Waals surface area (Å²) in [5.74, 6) is 0.493. The molecule has 0 saturated carbocycles. The van der Waals surface area contributed by atoms with E-state index in [0.29, 0.717) is 12.5 Å². The molecule has 96 valence electrons. The Hall–Kier alpha value is -0.860. The van der Waals surface area contributed by atoms with Crippen molar-refractivity contribution in [2.24, 2.45) is 5.92 Å². The summed E-state index contributed by atoms with van der Waals surface area (Å²) in [4.78, 5) is 0. The van der Waals surface area contributed by atoms with Crippen LogP contribution < -0.4 is 0 Å². The van der Waals surface area contributed by atoms with Crippen LogP contribution in [0.15, 0.2) is 24.3 Å². The Morgan fingerprint density at radius 1 is 1.12 bits per heavy atom. The van der Waals surface area contributed by atoms with Gasteiger partial charge in [-0.15, -0.1) is 0 Å². The van der Waals surface area contributed by atoms with Crippen molar-refractivity contribution in [1.82, 2.24) is 0 Å². The third-order valence-corrected chi connectivity index (χ3v) is 2.87. The fourth-order valence-electron chi connectivity index (χ4n) is 1.66. The molecule has 2 nitrogen and oxygen atoms in total. The van der Waals surface area contributed by atoms with Gasteiger partial charge >= 0.3 is 0 Å². The lowest BCUT2D eigenvalue weighted by molar-refractivity contribution is -0.0371. The molecule has 0 aliphatic rings. The molecule has 2 heteroatoms. The van der Waals surface area contributed by atoms with Crippen molar-refractivity contribution in [3.05, 3.63) is 35.4 Å². The Kier molecular flexibility index (Phi) is 5.66. The monoisotopic (exact) mass is 236 g/mol. The first kappa shape index (κ1) is 14.2. The van der Waals surface area contributed by atoms with Gasteiger partial charge in [0.2, 0.25) is 0 Å². The predicted octanol–water partition coefficient (Wildman–Crippen LogP) is 3.34. The maximum Gasteiger partial charge on any atom is 0.105 e. The molecule has 1 rings (SSSR count). The molecule has 0 aromatic heterocycles. The highest BCUT2D eigenvalue weighted by molar-refractivity contribution is 5.24. The summed E-state index contributed by atoms with van der Waals surface area (Å²) in [6, 6.07) is 8.10. The molecule has 0 aliphatic carbocycles. The van der Waals surface area contributed by atoms with Crippen molar-refractivity contribution >= 4 is 0 Å². The molecule has 1 N–H and O–H groups in total. The Morgan fingerprint density at radius 2 is 1.71 bits per heavy atom. The summed E-state index contributed by atoms with van der Waals surface area (Å²) in [6.45, 7) is 8.94. The lowest BCUT2D eigenvalue weighted by Crippen LogP contribution is -2.20. The summed E-state index contributed by atoms with van der Waals surface area (Å²) in [7, 11) is 0. The highest BCUT2D eigenvalue weighted by atomic mass is 16.5. The third-order valence-electron chi connectivity index (χ3n) is 2.87. The number of benzene rings is 1. The van der Waals surface area contributed by atoms with Gasteiger partial charge in [0.25, 0.3) is 0 Å². The largest absolute Gasteiger partial charge is 0.386 e. The van der Waals surface area contributed by atoms with E-state index in [1.54, 1.807) is 0 Å². The smallest absolute Gasteiger partial charge is 0.105 e. The summed E-state index contributed by atoms with van der Waals surface area (Å²) in [5.41, 5.74) is 2.22. The van der Waals surface area contributed by atoms with Crippen LogP contribution in [0.3, 0.4) is 0 Å². The van der Waals surface area contributed by atoms with E-state index in [4.69, 9.17) is 4.74 Å². The summed E-state index contributed by atoms with van der Waals surface area (Å²) in [6.07, 6.45) is 0.319. The SMILES string of the molecule is CCc1ccc(C(O)C(C)OCC(C)C)cc1. The van der Waals surface area contributed by atoms with Gasteiger partial charge in [0.1, 0.15) is 6.10 Å². The Morgan fingerprint density at radius 3 is 2.18 bits per heavy atom. The van der Waals surface area contributed by atoms with Crippen molar-refractivity contribution in [3.63, 3.8) is 0 Å². The van der Waals surface area contributed by atoms with E-state index in [2.05, 4.69) is 32.9 Å². The maximum atomic E-state index is 10.1. The second-order valence-corrected chi connectivity index (χ2v) is 4.97. The van der Waals surface area contributed by atoms with E-state index in [1.807, 2.05) is 19.1 Å². The van der Waals surface area contributed by atoms with E-state index in [9.17, 15) is 5.11 Å². The standard InChI is InChI=1S/C15H24O2/c1-5-13-6-8-14(9-7-13)15(16)12(4)17-10-11(2)3/h6-9,11-12,15-16H,5,10H2,1-4H3. The van der Waals surface area contributed by atoms with Crippen LogP contribution in [0.2, 0.25) is 0 Å². The number of aliphatic hydroxyl groups excluding tert-OH is 1. The normalized spacial score (nSPS) is 14.9. The van der Waals surface area contributed by atoms with Gasteiger partial charge in [0.05, 0.1) is 6.10 Å². The van der Waals surface area contributed by atoms with Gasteiger partial charge in [-0.1, -0.05) is 45.0 Å². The molecular weight excluding hydrogens is 212 g/mol. The number of aliphatic hydroxyl groups is 1. The predicted molar refractivity (Wildman–Crippen MR) is 71.0 cm³/mol. The first-order chi connectivity index (χ1) is 8.04. The van der Waals surface area contributed by atoms with E-state index < -0.39 is 6.10 Å². The Bertz CT molecular complexity index is 316. The number of ether oxygens (including phenoxy) is 1. The van der Waals surface area contributed by atoms with Crippen LogP contribution in [0.4, 0.5) is 0 Å². The molecule has 0 radical (unpaired) electrons. The Balaban J connectivity index is 2.58. The second kappa shape index (κ2) is 6.77. The topological polar surface area (TPSA) is 29.5 Å².